The number of alkyl halides is 1. The van der Waals surface area contributed by atoms with Gasteiger partial charge in [-0.05, 0) is 71.8 Å². The van der Waals surface area contributed by atoms with Crippen LogP contribution in [0.1, 0.15) is 58.3 Å². The Bertz CT molecular complexity index is 1170. The van der Waals surface area contributed by atoms with Crippen molar-refractivity contribution in [3.63, 3.8) is 0 Å². The van der Waals surface area contributed by atoms with Gasteiger partial charge in [0.15, 0.2) is 11.5 Å². The SMILES string of the molecule is Cc1cc2c(cc1/C=C/C1CCC(F)c3cc(OCc4ccccc4)c(CO)cc31)OCO2. The molecule has 1 heterocycles. The molecule has 3 aromatic rings. The minimum Gasteiger partial charge on any atom is -0.489 e. The van der Waals surface area contributed by atoms with Crippen LogP contribution in [0.2, 0.25) is 0 Å². The van der Waals surface area contributed by atoms with Crippen LogP contribution in [0.5, 0.6) is 17.2 Å². The number of aliphatic hydroxyl groups excluding tert-OH is 1. The Morgan fingerprint density at radius 3 is 2.61 bits per heavy atom. The molecule has 5 heteroatoms. The van der Waals surface area contributed by atoms with Gasteiger partial charge < -0.3 is 19.3 Å². The Balaban J connectivity index is 1.42. The molecule has 0 fully saturated rings. The van der Waals surface area contributed by atoms with Gasteiger partial charge in [-0.2, -0.15) is 0 Å². The number of aryl methyl sites for hydroxylation is 1. The summed E-state index contributed by atoms with van der Waals surface area (Å²) in [5.41, 5.74) is 5.41. The lowest BCUT2D eigenvalue weighted by Crippen LogP contribution is -2.12. The quantitative estimate of drug-likeness (QED) is 0.476. The van der Waals surface area contributed by atoms with E-state index in [1.807, 2.05) is 55.5 Å². The van der Waals surface area contributed by atoms with Gasteiger partial charge in [0.05, 0.1) is 6.61 Å². The maximum atomic E-state index is 14.9. The fourth-order valence-corrected chi connectivity index (χ4v) is 4.54. The molecule has 2 atom stereocenters. The lowest BCUT2D eigenvalue weighted by Gasteiger charge is -2.28. The van der Waals surface area contributed by atoms with E-state index >= 15 is 0 Å². The van der Waals surface area contributed by atoms with E-state index in [4.69, 9.17) is 14.2 Å². The topological polar surface area (TPSA) is 47.9 Å². The van der Waals surface area contributed by atoms with Crippen LogP contribution in [0, 0.1) is 6.92 Å². The van der Waals surface area contributed by atoms with Crippen LogP contribution < -0.4 is 14.2 Å². The lowest BCUT2D eigenvalue weighted by molar-refractivity contribution is 0.174. The van der Waals surface area contributed by atoms with Gasteiger partial charge in [0.25, 0.3) is 0 Å². The Morgan fingerprint density at radius 1 is 1.03 bits per heavy atom. The van der Waals surface area contributed by atoms with E-state index < -0.39 is 6.17 Å². The molecule has 0 saturated heterocycles. The van der Waals surface area contributed by atoms with E-state index in [-0.39, 0.29) is 19.3 Å². The van der Waals surface area contributed by atoms with Gasteiger partial charge in [0.2, 0.25) is 6.79 Å². The molecule has 0 aromatic heterocycles. The molecule has 0 radical (unpaired) electrons. The van der Waals surface area contributed by atoms with Crippen molar-refractivity contribution < 1.29 is 23.7 Å². The second kappa shape index (κ2) is 9.28. The number of fused-ring (bicyclic) bond motifs is 2. The fraction of sp³-hybridized carbons (Fsp3) is 0.286. The van der Waals surface area contributed by atoms with Gasteiger partial charge in [0.1, 0.15) is 18.5 Å². The molecule has 2 aliphatic rings. The third-order valence-corrected chi connectivity index (χ3v) is 6.41. The lowest BCUT2D eigenvalue weighted by atomic mass is 9.80. The minimum atomic E-state index is -1.04. The molecule has 33 heavy (non-hydrogen) atoms. The molecule has 0 amide bonds. The van der Waals surface area contributed by atoms with Crippen molar-refractivity contribution in [3.05, 3.63) is 94.1 Å². The van der Waals surface area contributed by atoms with Gasteiger partial charge >= 0.3 is 0 Å². The summed E-state index contributed by atoms with van der Waals surface area (Å²) in [5.74, 6) is 2.11. The van der Waals surface area contributed by atoms with Crippen LogP contribution in [-0.4, -0.2) is 11.9 Å². The van der Waals surface area contributed by atoms with Crippen molar-refractivity contribution in [2.24, 2.45) is 0 Å². The Kier molecular flexibility index (Phi) is 6.05. The second-order valence-electron chi connectivity index (χ2n) is 8.59. The highest BCUT2D eigenvalue weighted by Crippen LogP contribution is 2.44. The number of hydrogen-bond donors (Lipinski definition) is 1. The van der Waals surface area contributed by atoms with E-state index in [2.05, 4.69) is 12.2 Å². The summed E-state index contributed by atoms with van der Waals surface area (Å²) in [7, 11) is 0. The first kappa shape index (κ1) is 21.5. The van der Waals surface area contributed by atoms with Crippen LogP contribution in [0.15, 0.2) is 60.7 Å². The number of rotatable bonds is 6. The summed E-state index contributed by atoms with van der Waals surface area (Å²) in [6.07, 6.45) is 4.33. The molecule has 170 valence electrons. The third kappa shape index (κ3) is 4.46. The van der Waals surface area contributed by atoms with Crippen molar-refractivity contribution in [2.75, 3.05) is 6.79 Å². The van der Waals surface area contributed by atoms with E-state index in [1.165, 1.54) is 0 Å². The van der Waals surface area contributed by atoms with E-state index in [1.54, 1.807) is 6.07 Å². The zero-order valence-electron chi connectivity index (χ0n) is 18.6. The highest BCUT2D eigenvalue weighted by Gasteiger charge is 2.28. The van der Waals surface area contributed by atoms with Crippen molar-refractivity contribution in [1.29, 1.82) is 0 Å². The molecule has 0 bridgehead atoms. The molecular formula is C28H27FO4. The predicted molar refractivity (Wildman–Crippen MR) is 125 cm³/mol. The first-order valence-electron chi connectivity index (χ1n) is 11.3. The first-order chi connectivity index (χ1) is 16.1. The summed E-state index contributed by atoms with van der Waals surface area (Å²) < 4.78 is 31.9. The average Bonchev–Trinajstić information content (AvgIpc) is 3.29. The number of benzene rings is 3. The van der Waals surface area contributed by atoms with Crippen molar-refractivity contribution in [1.82, 2.24) is 0 Å². The van der Waals surface area contributed by atoms with Crippen molar-refractivity contribution in [3.8, 4) is 17.2 Å². The number of ether oxygens (including phenoxy) is 3. The highest BCUT2D eigenvalue weighted by atomic mass is 19.1. The fourth-order valence-electron chi connectivity index (χ4n) is 4.54. The second-order valence-corrected chi connectivity index (χ2v) is 8.59. The largest absolute Gasteiger partial charge is 0.489 e. The monoisotopic (exact) mass is 446 g/mol. The van der Waals surface area contributed by atoms with Crippen LogP contribution in [0.3, 0.4) is 0 Å². The zero-order chi connectivity index (χ0) is 22.8. The maximum Gasteiger partial charge on any atom is 0.231 e. The minimum absolute atomic E-state index is 0.0605. The smallest absolute Gasteiger partial charge is 0.231 e. The Morgan fingerprint density at radius 2 is 1.82 bits per heavy atom. The normalized spacial score (nSPS) is 19.0. The van der Waals surface area contributed by atoms with Gasteiger partial charge in [-0.3, -0.25) is 0 Å². The average molecular weight is 447 g/mol. The van der Waals surface area contributed by atoms with E-state index in [9.17, 15) is 9.50 Å². The van der Waals surface area contributed by atoms with Crippen molar-refractivity contribution >= 4 is 6.08 Å². The van der Waals surface area contributed by atoms with Gasteiger partial charge in [-0.15, -0.1) is 0 Å². The molecule has 3 aromatic carbocycles. The summed E-state index contributed by atoms with van der Waals surface area (Å²) in [4.78, 5) is 0. The molecule has 4 nitrogen and oxygen atoms in total. The summed E-state index contributed by atoms with van der Waals surface area (Å²) >= 11 is 0. The third-order valence-electron chi connectivity index (χ3n) is 6.41. The van der Waals surface area contributed by atoms with Gasteiger partial charge in [-0.25, -0.2) is 4.39 Å². The number of allylic oxidation sites excluding steroid dienone is 1. The van der Waals surface area contributed by atoms with Crippen LogP contribution in [0.25, 0.3) is 6.08 Å². The first-order valence-corrected chi connectivity index (χ1v) is 11.3. The molecule has 2 unspecified atom stereocenters. The summed E-state index contributed by atoms with van der Waals surface area (Å²) in [6.45, 7) is 2.49. The molecule has 0 saturated carbocycles. The number of halogens is 1. The molecule has 0 spiro atoms. The standard InChI is InChI=1S/C28H27FO4/c1-18-11-27-28(33-17-32-27)13-21(18)8-7-20-9-10-25(29)24-14-26(22(15-30)12-23(20)24)31-16-19-5-3-2-4-6-19/h2-8,11-14,20,25,30H,9-10,15-17H2,1H3/b8-7+. The van der Waals surface area contributed by atoms with Crippen LogP contribution in [-0.2, 0) is 13.2 Å². The number of hydrogen-bond acceptors (Lipinski definition) is 4. The van der Waals surface area contributed by atoms with E-state index in [0.29, 0.717) is 36.3 Å². The maximum absolute atomic E-state index is 14.9. The molecular weight excluding hydrogens is 419 g/mol. The molecule has 1 aliphatic carbocycles. The molecule has 5 rings (SSSR count). The summed E-state index contributed by atoms with van der Waals surface area (Å²) in [6, 6.07) is 17.5. The van der Waals surface area contributed by atoms with E-state index in [0.717, 1.165) is 33.8 Å². The van der Waals surface area contributed by atoms with Crippen molar-refractivity contribution in [2.45, 2.75) is 45.1 Å². The highest BCUT2D eigenvalue weighted by molar-refractivity contribution is 5.62. The Labute approximate surface area is 193 Å². The number of aliphatic hydroxyl groups is 1. The summed E-state index contributed by atoms with van der Waals surface area (Å²) in [5, 5.41) is 9.99. The molecule has 1 N–H and O–H groups in total. The predicted octanol–water partition coefficient (Wildman–Crippen LogP) is 6.40. The van der Waals surface area contributed by atoms with Gasteiger partial charge in [-0.1, -0.05) is 42.5 Å². The molecule has 1 aliphatic heterocycles. The zero-order valence-corrected chi connectivity index (χ0v) is 18.6. The van der Waals surface area contributed by atoms with Gasteiger partial charge in [0, 0.05) is 11.5 Å². The van der Waals surface area contributed by atoms with Crippen LogP contribution in [0.4, 0.5) is 4.39 Å². The van der Waals surface area contributed by atoms with Crippen LogP contribution >= 0.6 is 0 Å². The Hall–Kier alpha value is -3.31.